The molecule has 19 heavy (non-hydrogen) atoms. The lowest BCUT2D eigenvalue weighted by Crippen LogP contribution is -2.39. The summed E-state index contributed by atoms with van der Waals surface area (Å²) in [4.78, 5) is 1.98. The zero-order chi connectivity index (χ0) is 13.8. The molecule has 1 unspecified atom stereocenters. The van der Waals surface area contributed by atoms with Crippen LogP contribution in [0.4, 0.5) is 8.78 Å². The van der Waals surface area contributed by atoms with Gasteiger partial charge in [0.25, 0.3) is 0 Å². The van der Waals surface area contributed by atoms with E-state index in [1.807, 2.05) is 11.9 Å². The standard InChI is InChI=1S/C14H19F2NO2/c1-17(10-5-7-19-8-6-10)9-13(18)11-3-2-4-12(15)14(11)16/h2-4,10,13,18H,5-9H2,1H3. The maximum atomic E-state index is 13.6. The molecule has 1 fully saturated rings. The number of likely N-dealkylation sites (N-methyl/N-ethyl adjacent to an activating group) is 1. The van der Waals surface area contributed by atoms with Gasteiger partial charge in [-0.3, -0.25) is 0 Å². The van der Waals surface area contributed by atoms with E-state index in [1.54, 1.807) is 0 Å². The van der Waals surface area contributed by atoms with Crippen LogP contribution in [0.5, 0.6) is 0 Å². The number of aliphatic hydroxyl groups excluding tert-OH is 1. The first-order chi connectivity index (χ1) is 9.09. The number of nitrogens with zero attached hydrogens (tertiary/aromatic N) is 1. The number of halogens is 2. The van der Waals surface area contributed by atoms with Gasteiger partial charge in [0.1, 0.15) is 0 Å². The quantitative estimate of drug-likeness (QED) is 0.910. The summed E-state index contributed by atoms with van der Waals surface area (Å²) in [6.45, 7) is 1.70. The van der Waals surface area contributed by atoms with E-state index in [2.05, 4.69) is 0 Å². The second kappa shape index (κ2) is 6.41. The predicted octanol–water partition coefficient (Wildman–Crippen LogP) is 2.11. The molecule has 1 N–H and O–H groups in total. The molecule has 0 saturated carbocycles. The fourth-order valence-electron chi connectivity index (χ4n) is 2.42. The molecule has 0 aromatic heterocycles. The Bertz CT molecular complexity index is 422. The van der Waals surface area contributed by atoms with Crippen molar-refractivity contribution >= 4 is 0 Å². The van der Waals surface area contributed by atoms with E-state index in [1.165, 1.54) is 12.1 Å². The maximum Gasteiger partial charge on any atom is 0.164 e. The zero-order valence-electron chi connectivity index (χ0n) is 11.0. The van der Waals surface area contributed by atoms with Crippen LogP contribution >= 0.6 is 0 Å². The first-order valence-electron chi connectivity index (χ1n) is 6.49. The summed E-state index contributed by atoms with van der Waals surface area (Å²) in [5.74, 6) is -1.89. The van der Waals surface area contributed by atoms with Gasteiger partial charge in [0.15, 0.2) is 11.6 Å². The van der Waals surface area contributed by atoms with Crippen molar-refractivity contribution in [2.45, 2.75) is 25.0 Å². The molecule has 0 amide bonds. The Morgan fingerprint density at radius 1 is 1.37 bits per heavy atom. The average Bonchev–Trinajstić information content (AvgIpc) is 2.42. The minimum atomic E-state index is -1.02. The summed E-state index contributed by atoms with van der Waals surface area (Å²) in [5.41, 5.74) is 0.0129. The van der Waals surface area contributed by atoms with E-state index in [0.29, 0.717) is 19.3 Å². The van der Waals surface area contributed by atoms with Crippen molar-refractivity contribution in [1.82, 2.24) is 4.90 Å². The third-order valence-corrected chi connectivity index (χ3v) is 3.62. The number of benzene rings is 1. The Hall–Kier alpha value is -1.04. The number of hydrogen-bond donors (Lipinski definition) is 1. The van der Waals surface area contributed by atoms with Crippen molar-refractivity contribution in [2.24, 2.45) is 0 Å². The highest BCUT2D eigenvalue weighted by Gasteiger charge is 2.23. The van der Waals surface area contributed by atoms with E-state index in [-0.39, 0.29) is 12.1 Å². The van der Waals surface area contributed by atoms with Gasteiger partial charge in [-0.25, -0.2) is 8.78 Å². The molecule has 1 aliphatic rings. The first-order valence-corrected chi connectivity index (χ1v) is 6.49. The van der Waals surface area contributed by atoms with E-state index >= 15 is 0 Å². The summed E-state index contributed by atoms with van der Waals surface area (Å²) in [7, 11) is 1.89. The first kappa shape index (κ1) is 14.4. The number of aliphatic hydroxyl groups is 1. The van der Waals surface area contributed by atoms with Crippen LogP contribution in [0, 0.1) is 11.6 Å². The van der Waals surface area contributed by atoms with Gasteiger partial charge in [-0.05, 0) is 26.0 Å². The van der Waals surface area contributed by atoms with Gasteiger partial charge < -0.3 is 14.7 Å². The minimum Gasteiger partial charge on any atom is -0.387 e. The fraction of sp³-hybridized carbons (Fsp3) is 0.571. The Labute approximate surface area is 111 Å². The van der Waals surface area contributed by atoms with Crippen LogP contribution in [0.25, 0.3) is 0 Å². The van der Waals surface area contributed by atoms with Gasteiger partial charge in [0.05, 0.1) is 6.10 Å². The molecule has 0 spiro atoms. The van der Waals surface area contributed by atoms with E-state index in [9.17, 15) is 13.9 Å². The highest BCUT2D eigenvalue weighted by Crippen LogP contribution is 2.22. The predicted molar refractivity (Wildman–Crippen MR) is 67.8 cm³/mol. The second-order valence-corrected chi connectivity index (χ2v) is 4.94. The Morgan fingerprint density at radius 3 is 2.74 bits per heavy atom. The highest BCUT2D eigenvalue weighted by molar-refractivity contribution is 5.21. The smallest absolute Gasteiger partial charge is 0.164 e. The van der Waals surface area contributed by atoms with Gasteiger partial charge in [-0.1, -0.05) is 12.1 Å². The molecule has 1 aromatic carbocycles. The zero-order valence-corrected chi connectivity index (χ0v) is 11.0. The largest absolute Gasteiger partial charge is 0.387 e. The van der Waals surface area contributed by atoms with Crippen molar-refractivity contribution in [3.05, 3.63) is 35.4 Å². The van der Waals surface area contributed by atoms with Gasteiger partial charge in [0.2, 0.25) is 0 Å². The molecule has 1 aliphatic heterocycles. The normalized spacial score (nSPS) is 18.8. The van der Waals surface area contributed by atoms with E-state index in [4.69, 9.17) is 4.74 Å². The van der Waals surface area contributed by atoms with Crippen LogP contribution in [-0.4, -0.2) is 42.9 Å². The van der Waals surface area contributed by atoms with Crippen molar-refractivity contribution in [1.29, 1.82) is 0 Å². The average molecular weight is 271 g/mol. The van der Waals surface area contributed by atoms with Crippen LogP contribution in [0.1, 0.15) is 24.5 Å². The van der Waals surface area contributed by atoms with Crippen LogP contribution < -0.4 is 0 Å². The molecule has 0 aliphatic carbocycles. The lowest BCUT2D eigenvalue weighted by Gasteiger charge is -2.32. The molecule has 2 rings (SSSR count). The van der Waals surface area contributed by atoms with Gasteiger partial charge in [-0.2, -0.15) is 0 Å². The number of hydrogen-bond acceptors (Lipinski definition) is 3. The SMILES string of the molecule is CN(CC(O)c1cccc(F)c1F)C1CCOCC1. The lowest BCUT2D eigenvalue weighted by molar-refractivity contribution is 0.0246. The number of ether oxygens (including phenoxy) is 1. The molecule has 1 saturated heterocycles. The second-order valence-electron chi connectivity index (χ2n) is 4.94. The molecule has 1 atom stereocenters. The van der Waals surface area contributed by atoms with Crippen LogP contribution in [0.3, 0.4) is 0 Å². The van der Waals surface area contributed by atoms with Crippen molar-refractivity contribution in [3.8, 4) is 0 Å². The van der Waals surface area contributed by atoms with Crippen LogP contribution in [0.2, 0.25) is 0 Å². The summed E-state index contributed by atoms with van der Waals surface area (Å²) in [5, 5.41) is 10.0. The van der Waals surface area contributed by atoms with Gasteiger partial charge >= 0.3 is 0 Å². The third-order valence-electron chi connectivity index (χ3n) is 3.62. The van der Waals surface area contributed by atoms with E-state index in [0.717, 1.165) is 18.9 Å². The lowest BCUT2D eigenvalue weighted by atomic mass is 10.0. The fourth-order valence-corrected chi connectivity index (χ4v) is 2.42. The monoisotopic (exact) mass is 271 g/mol. The van der Waals surface area contributed by atoms with Crippen LogP contribution in [-0.2, 0) is 4.74 Å². The Balaban J connectivity index is 1.99. The molecule has 1 aromatic rings. The molecular weight excluding hydrogens is 252 g/mol. The topological polar surface area (TPSA) is 32.7 Å². The van der Waals surface area contributed by atoms with Crippen molar-refractivity contribution in [3.63, 3.8) is 0 Å². The Kier molecular flexibility index (Phi) is 4.85. The maximum absolute atomic E-state index is 13.6. The summed E-state index contributed by atoms with van der Waals surface area (Å²) >= 11 is 0. The highest BCUT2D eigenvalue weighted by atomic mass is 19.2. The number of rotatable bonds is 4. The molecule has 5 heteroatoms. The molecule has 106 valence electrons. The van der Waals surface area contributed by atoms with Crippen molar-refractivity contribution < 1.29 is 18.6 Å². The van der Waals surface area contributed by atoms with Crippen LogP contribution in [0.15, 0.2) is 18.2 Å². The summed E-state index contributed by atoms with van der Waals surface area (Å²) in [6, 6.07) is 4.19. The molecule has 3 nitrogen and oxygen atoms in total. The molecule has 0 bridgehead atoms. The molecular formula is C14H19F2NO2. The summed E-state index contributed by atoms with van der Waals surface area (Å²) in [6.07, 6.45) is 0.771. The minimum absolute atomic E-state index is 0.0129. The van der Waals surface area contributed by atoms with Crippen molar-refractivity contribution in [2.75, 3.05) is 26.8 Å². The summed E-state index contributed by atoms with van der Waals surface area (Å²) < 4.78 is 32.0. The van der Waals surface area contributed by atoms with Gasteiger partial charge in [0, 0.05) is 31.4 Å². The molecule has 0 radical (unpaired) electrons. The Morgan fingerprint density at radius 2 is 2.05 bits per heavy atom. The molecule has 1 heterocycles. The van der Waals surface area contributed by atoms with E-state index < -0.39 is 17.7 Å². The van der Waals surface area contributed by atoms with Gasteiger partial charge in [-0.15, -0.1) is 0 Å². The third kappa shape index (κ3) is 3.49.